The predicted molar refractivity (Wildman–Crippen MR) is 82.5 cm³/mol. The molecule has 23 heavy (non-hydrogen) atoms. The molecule has 1 aromatic heterocycles. The van der Waals surface area contributed by atoms with E-state index in [0.29, 0.717) is 31.0 Å². The molecule has 1 atom stereocenters. The minimum Gasteiger partial charge on any atom is -0.485 e. The fourth-order valence-electron chi connectivity index (χ4n) is 2.26. The molecule has 0 aliphatic carbocycles. The second kappa shape index (κ2) is 6.95. The number of rotatable bonds is 5. The molecule has 120 valence electrons. The molecule has 1 unspecified atom stereocenters. The summed E-state index contributed by atoms with van der Waals surface area (Å²) < 4.78 is 12.5. The third-order valence-corrected chi connectivity index (χ3v) is 3.43. The van der Waals surface area contributed by atoms with Crippen molar-refractivity contribution in [1.29, 1.82) is 0 Å². The summed E-state index contributed by atoms with van der Waals surface area (Å²) in [6.07, 6.45) is 1.50. The highest BCUT2D eigenvalue weighted by Crippen LogP contribution is 2.30. The van der Waals surface area contributed by atoms with Crippen LogP contribution in [0.4, 0.5) is 0 Å². The third kappa shape index (κ3) is 3.68. The van der Waals surface area contributed by atoms with Gasteiger partial charge in [0, 0.05) is 25.4 Å². The summed E-state index contributed by atoms with van der Waals surface area (Å²) >= 11 is 0. The van der Waals surface area contributed by atoms with Crippen LogP contribution in [0.2, 0.25) is 0 Å². The van der Waals surface area contributed by atoms with Crippen molar-refractivity contribution in [2.75, 3.05) is 13.2 Å². The van der Waals surface area contributed by atoms with Gasteiger partial charge in [0.15, 0.2) is 11.5 Å². The smallest absolute Gasteiger partial charge is 0.266 e. The number of nitrogens with zero attached hydrogens (tertiary/aromatic N) is 2. The molecule has 2 heterocycles. The first-order chi connectivity index (χ1) is 11.2. The van der Waals surface area contributed by atoms with Crippen molar-refractivity contribution < 1.29 is 14.3 Å². The minimum absolute atomic E-state index is 0.153. The number of para-hydroxylation sites is 2. The van der Waals surface area contributed by atoms with E-state index in [-0.39, 0.29) is 18.1 Å². The molecule has 3 rings (SSSR count). The molecule has 0 saturated heterocycles. The number of amides is 1. The van der Waals surface area contributed by atoms with Crippen LogP contribution in [-0.4, -0.2) is 34.9 Å². The van der Waals surface area contributed by atoms with Gasteiger partial charge in [-0.15, -0.1) is 0 Å². The molecule has 1 aliphatic heterocycles. The van der Waals surface area contributed by atoms with E-state index in [0.717, 1.165) is 0 Å². The molecule has 0 bridgehead atoms. The van der Waals surface area contributed by atoms with Crippen molar-refractivity contribution in [2.45, 2.75) is 19.1 Å². The van der Waals surface area contributed by atoms with Gasteiger partial charge in [0.2, 0.25) is 6.10 Å². The summed E-state index contributed by atoms with van der Waals surface area (Å²) in [7, 11) is 0. The number of carbonyl (C=O) groups is 1. The van der Waals surface area contributed by atoms with Gasteiger partial charge in [-0.3, -0.25) is 9.59 Å². The molecule has 0 saturated carbocycles. The van der Waals surface area contributed by atoms with Crippen LogP contribution in [-0.2, 0) is 11.3 Å². The van der Waals surface area contributed by atoms with Crippen LogP contribution in [0.15, 0.2) is 47.4 Å². The van der Waals surface area contributed by atoms with Gasteiger partial charge in [-0.2, -0.15) is 5.10 Å². The zero-order chi connectivity index (χ0) is 16.1. The lowest BCUT2D eigenvalue weighted by Gasteiger charge is -2.25. The maximum Gasteiger partial charge on any atom is 0.266 e. The van der Waals surface area contributed by atoms with Crippen LogP contribution in [0.25, 0.3) is 0 Å². The van der Waals surface area contributed by atoms with Crippen LogP contribution in [0.1, 0.15) is 6.42 Å². The summed E-state index contributed by atoms with van der Waals surface area (Å²) in [5.74, 6) is 0.984. The van der Waals surface area contributed by atoms with Gasteiger partial charge in [-0.1, -0.05) is 12.1 Å². The molecule has 1 aliphatic rings. The zero-order valence-electron chi connectivity index (χ0n) is 12.5. The number of nitrogens with one attached hydrogen (secondary N) is 1. The van der Waals surface area contributed by atoms with Crippen molar-refractivity contribution >= 4 is 5.91 Å². The molecule has 0 radical (unpaired) electrons. The molecule has 1 aromatic carbocycles. The highest BCUT2D eigenvalue weighted by atomic mass is 16.6. The SMILES string of the molecule is O=C(NCCCn1ncccc1=O)C1COc2ccccc2O1. The Morgan fingerprint density at radius 2 is 2.09 bits per heavy atom. The summed E-state index contributed by atoms with van der Waals surface area (Å²) in [6.45, 7) is 1.07. The Hall–Kier alpha value is -2.83. The number of benzene rings is 1. The maximum atomic E-state index is 12.1. The number of aryl methyl sites for hydroxylation is 1. The number of hydrogen-bond donors (Lipinski definition) is 1. The van der Waals surface area contributed by atoms with Crippen molar-refractivity contribution in [3.8, 4) is 11.5 Å². The van der Waals surface area contributed by atoms with E-state index in [1.807, 2.05) is 12.1 Å². The van der Waals surface area contributed by atoms with Crippen molar-refractivity contribution in [3.05, 3.63) is 52.9 Å². The standard InChI is InChI=1S/C16H17N3O4/c20-15-7-3-9-18-19(15)10-4-8-17-16(21)14-11-22-12-5-1-2-6-13(12)23-14/h1-3,5-7,9,14H,4,8,10-11H2,(H,17,21). The van der Waals surface area contributed by atoms with Crippen LogP contribution >= 0.6 is 0 Å². The van der Waals surface area contributed by atoms with E-state index in [2.05, 4.69) is 10.4 Å². The molecule has 1 N–H and O–H groups in total. The van der Waals surface area contributed by atoms with Gasteiger partial charge in [-0.25, -0.2) is 4.68 Å². The van der Waals surface area contributed by atoms with Crippen LogP contribution in [0.5, 0.6) is 11.5 Å². The molecule has 7 heteroatoms. The van der Waals surface area contributed by atoms with E-state index in [1.165, 1.54) is 10.7 Å². The lowest BCUT2D eigenvalue weighted by molar-refractivity contribution is -0.130. The van der Waals surface area contributed by atoms with E-state index in [1.54, 1.807) is 24.4 Å². The lowest BCUT2D eigenvalue weighted by Crippen LogP contribution is -2.44. The number of ether oxygens (including phenoxy) is 2. The Kier molecular flexibility index (Phi) is 4.56. The van der Waals surface area contributed by atoms with Crippen LogP contribution in [0, 0.1) is 0 Å². The summed E-state index contributed by atoms with van der Waals surface area (Å²) in [6, 6.07) is 10.3. The first kappa shape index (κ1) is 15.1. The third-order valence-electron chi connectivity index (χ3n) is 3.43. The number of aromatic nitrogens is 2. The first-order valence-electron chi connectivity index (χ1n) is 7.42. The summed E-state index contributed by atoms with van der Waals surface area (Å²) in [5, 5.41) is 6.74. The van der Waals surface area contributed by atoms with E-state index in [9.17, 15) is 9.59 Å². The number of fused-ring (bicyclic) bond motifs is 1. The van der Waals surface area contributed by atoms with Crippen molar-refractivity contribution in [2.24, 2.45) is 0 Å². The predicted octanol–water partition coefficient (Wildman–Crippen LogP) is 0.590. The molecule has 0 spiro atoms. The lowest BCUT2D eigenvalue weighted by atomic mass is 10.2. The number of carbonyl (C=O) groups excluding carboxylic acids is 1. The highest BCUT2D eigenvalue weighted by Gasteiger charge is 2.26. The normalized spacial score (nSPS) is 15.9. The Bertz CT molecular complexity index is 744. The number of hydrogen-bond acceptors (Lipinski definition) is 5. The quantitative estimate of drug-likeness (QED) is 0.817. The Morgan fingerprint density at radius 3 is 2.91 bits per heavy atom. The van der Waals surface area contributed by atoms with Crippen LogP contribution in [0.3, 0.4) is 0 Å². The topological polar surface area (TPSA) is 82.5 Å². The van der Waals surface area contributed by atoms with Gasteiger partial charge < -0.3 is 14.8 Å². The first-order valence-corrected chi connectivity index (χ1v) is 7.42. The summed E-state index contributed by atoms with van der Waals surface area (Å²) in [5.41, 5.74) is -0.153. The monoisotopic (exact) mass is 315 g/mol. The highest BCUT2D eigenvalue weighted by molar-refractivity contribution is 5.81. The Balaban J connectivity index is 1.45. The van der Waals surface area contributed by atoms with Gasteiger partial charge in [-0.05, 0) is 24.6 Å². The van der Waals surface area contributed by atoms with Crippen LogP contribution < -0.4 is 20.3 Å². The van der Waals surface area contributed by atoms with Crippen molar-refractivity contribution in [1.82, 2.24) is 15.1 Å². The summed E-state index contributed by atoms with van der Waals surface area (Å²) in [4.78, 5) is 23.6. The van der Waals surface area contributed by atoms with Gasteiger partial charge in [0.05, 0.1) is 0 Å². The average molecular weight is 315 g/mol. The second-order valence-electron chi connectivity index (χ2n) is 5.09. The van der Waals surface area contributed by atoms with Crippen molar-refractivity contribution in [3.63, 3.8) is 0 Å². The molecule has 2 aromatic rings. The fourth-order valence-corrected chi connectivity index (χ4v) is 2.26. The average Bonchev–Trinajstić information content (AvgIpc) is 2.59. The largest absolute Gasteiger partial charge is 0.485 e. The minimum atomic E-state index is -0.664. The molecule has 7 nitrogen and oxygen atoms in total. The molecular weight excluding hydrogens is 298 g/mol. The van der Waals surface area contributed by atoms with E-state index >= 15 is 0 Å². The Morgan fingerprint density at radius 1 is 1.26 bits per heavy atom. The molecular formula is C16H17N3O4. The zero-order valence-corrected chi connectivity index (χ0v) is 12.5. The second-order valence-corrected chi connectivity index (χ2v) is 5.09. The fraction of sp³-hybridized carbons (Fsp3) is 0.312. The van der Waals surface area contributed by atoms with Gasteiger partial charge in [0.25, 0.3) is 11.5 Å². The molecule has 0 fully saturated rings. The van der Waals surface area contributed by atoms with E-state index in [4.69, 9.17) is 9.47 Å². The maximum absolute atomic E-state index is 12.1. The van der Waals surface area contributed by atoms with Gasteiger partial charge >= 0.3 is 0 Å². The van der Waals surface area contributed by atoms with E-state index < -0.39 is 6.10 Å². The molecule has 1 amide bonds. The van der Waals surface area contributed by atoms with Gasteiger partial charge in [0.1, 0.15) is 6.61 Å². The Labute approximate surface area is 132 Å².